The predicted octanol–water partition coefficient (Wildman–Crippen LogP) is 5.01. The van der Waals surface area contributed by atoms with Gasteiger partial charge in [-0.3, -0.25) is 9.59 Å². The number of amides is 2. The van der Waals surface area contributed by atoms with E-state index in [0.717, 1.165) is 34.2 Å². The summed E-state index contributed by atoms with van der Waals surface area (Å²) in [5.41, 5.74) is 5.32. The Hall–Kier alpha value is -3.40. The van der Waals surface area contributed by atoms with Crippen LogP contribution in [0, 0.1) is 13.8 Å². The fourth-order valence-electron chi connectivity index (χ4n) is 3.79. The maximum Gasteiger partial charge on any atom is 0.243 e. The molecule has 4 nitrogen and oxygen atoms in total. The first-order chi connectivity index (χ1) is 16.0. The molecule has 0 aliphatic carbocycles. The minimum Gasteiger partial charge on any atom is -0.354 e. The third kappa shape index (κ3) is 7.31. The van der Waals surface area contributed by atoms with Crippen LogP contribution in [0.1, 0.15) is 41.2 Å². The van der Waals surface area contributed by atoms with Crippen molar-refractivity contribution in [3.05, 3.63) is 107 Å². The molecule has 1 atom stereocenters. The monoisotopic (exact) mass is 442 g/mol. The summed E-state index contributed by atoms with van der Waals surface area (Å²) in [5, 5.41) is 3.02. The van der Waals surface area contributed by atoms with Crippen LogP contribution in [-0.4, -0.2) is 29.3 Å². The lowest BCUT2D eigenvalue weighted by Gasteiger charge is -2.31. The highest BCUT2D eigenvalue weighted by molar-refractivity contribution is 5.88. The summed E-state index contributed by atoms with van der Waals surface area (Å²) < 4.78 is 0. The lowest BCUT2D eigenvalue weighted by molar-refractivity contribution is -0.140. The van der Waals surface area contributed by atoms with Gasteiger partial charge in [-0.1, -0.05) is 96.9 Å². The molecule has 3 aromatic rings. The quantitative estimate of drug-likeness (QED) is 0.480. The molecule has 172 valence electrons. The minimum atomic E-state index is -0.585. The Morgan fingerprint density at radius 2 is 1.36 bits per heavy atom. The molecule has 0 heterocycles. The third-order valence-corrected chi connectivity index (χ3v) is 5.77. The van der Waals surface area contributed by atoms with E-state index >= 15 is 0 Å². The Morgan fingerprint density at radius 3 is 1.94 bits per heavy atom. The van der Waals surface area contributed by atoms with Crippen molar-refractivity contribution in [3.8, 4) is 0 Å². The molecule has 4 heteroatoms. The zero-order chi connectivity index (χ0) is 23.6. The first kappa shape index (κ1) is 24.2. The van der Waals surface area contributed by atoms with Crippen LogP contribution < -0.4 is 5.32 Å². The van der Waals surface area contributed by atoms with Gasteiger partial charge in [-0.2, -0.15) is 0 Å². The number of rotatable bonds is 10. The molecule has 0 saturated heterocycles. The van der Waals surface area contributed by atoms with E-state index in [-0.39, 0.29) is 18.2 Å². The second kappa shape index (κ2) is 12.0. The van der Waals surface area contributed by atoms with Crippen LogP contribution in [0.5, 0.6) is 0 Å². The molecule has 0 spiro atoms. The van der Waals surface area contributed by atoms with E-state index in [0.29, 0.717) is 19.5 Å². The molecule has 3 aromatic carbocycles. The predicted molar refractivity (Wildman–Crippen MR) is 134 cm³/mol. The van der Waals surface area contributed by atoms with Gasteiger partial charge in [0.15, 0.2) is 0 Å². The molecule has 0 fully saturated rings. The Kier molecular flexibility index (Phi) is 8.82. The number of benzene rings is 3. The van der Waals surface area contributed by atoms with Crippen LogP contribution in [0.25, 0.3) is 0 Å². The highest BCUT2D eigenvalue weighted by Crippen LogP contribution is 2.17. The average molecular weight is 443 g/mol. The minimum absolute atomic E-state index is 0.0491. The van der Waals surface area contributed by atoms with E-state index < -0.39 is 6.04 Å². The number of nitrogens with zero attached hydrogens (tertiary/aromatic N) is 1. The fourth-order valence-corrected chi connectivity index (χ4v) is 3.79. The second-order valence-corrected chi connectivity index (χ2v) is 8.67. The molecule has 0 saturated carbocycles. The fraction of sp³-hybridized carbons (Fsp3) is 0.310. The molecular weight excluding hydrogens is 408 g/mol. The normalized spacial score (nSPS) is 11.6. The van der Waals surface area contributed by atoms with Crippen LogP contribution in [0.3, 0.4) is 0 Å². The van der Waals surface area contributed by atoms with Crippen LogP contribution in [0.4, 0.5) is 0 Å². The zero-order valence-electron chi connectivity index (χ0n) is 19.9. The van der Waals surface area contributed by atoms with Gasteiger partial charge < -0.3 is 10.2 Å². The van der Waals surface area contributed by atoms with Crippen LogP contribution in [-0.2, 0) is 29.0 Å². The Balaban J connectivity index is 1.93. The molecule has 1 N–H and O–H groups in total. The topological polar surface area (TPSA) is 49.4 Å². The molecule has 0 aliphatic heterocycles. The van der Waals surface area contributed by atoms with Crippen LogP contribution >= 0.6 is 0 Å². The van der Waals surface area contributed by atoms with Gasteiger partial charge in [-0.25, -0.2) is 0 Å². The number of nitrogens with one attached hydrogen (secondary N) is 1. The van der Waals surface area contributed by atoms with E-state index in [1.165, 1.54) is 0 Å². The van der Waals surface area contributed by atoms with Gasteiger partial charge in [-0.05, 0) is 37.0 Å². The smallest absolute Gasteiger partial charge is 0.243 e. The van der Waals surface area contributed by atoms with Crippen molar-refractivity contribution in [2.45, 2.75) is 52.6 Å². The number of carbonyl (C=O) groups is 2. The molecule has 0 aromatic heterocycles. The summed E-state index contributed by atoms with van der Waals surface area (Å²) in [6.07, 6.45) is 1.58. The highest BCUT2D eigenvalue weighted by Gasteiger charge is 2.30. The zero-order valence-corrected chi connectivity index (χ0v) is 19.9. The van der Waals surface area contributed by atoms with Crippen molar-refractivity contribution < 1.29 is 9.59 Å². The van der Waals surface area contributed by atoms with Gasteiger partial charge in [-0.15, -0.1) is 0 Å². The summed E-state index contributed by atoms with van der Waals surface area (Å²) in [6.45, 7) is 7.08. The van der Waals surface area contributed by atoms with Crippen molar-refractivity contribution >= 4 is 11.8 Å². The van der Waals surface area contributed by atoms with Crippen molar-refractivity contribution in [3.63, 3.8) is 0 Å². The summed E-state index contributed by atoms with van der Waals surface area (Å²) in [6, 6.07) is 25.5. The van der Waals surface area contributed by atoms with Gasteiger partial charge >= 0.3 is 0 Å². The summed E-state index contributed by atoms with van der Waals surface area (Å²) in [7, 11) is 0. The van der Waals surface area contributed by atoms with Gasteiger partial charge in [0.05, 0.1) is 6.42 Å². The van der Waals surface area contributed by atoms with E-state index in [9.17, 15) is 9.59 Å². The molecule has 0 radical (unpaired) electrons. The number of hydrogen-bond donors (Lipinski definition) is 1. The van der Waals surface area contributed by atoms with Gasteiger partial charge in [0.1, 0.15) is 6.04 Å². The van der Waals surface area contributed by atoms with Crippen molar-refractivity contribution in [2.75, 3.05) is 6.54 Å². The first-order valence-electron chi connectivity index (χ1n) is 11.7. The van der Waals surface area contributed by atoms with E-state index in [1.807, 2.05) is 99.6 Å². The Labute approximate surface area is 197 Å². The lowest BCUT2D eigenvalue weighted by atomic mass is 10.0. The maximum atomic E-state index is 13.6. The molecule has 0 aliphatic rings. The van der Waals surface area contributed by atoms with E-state index in [2.05, 4.69) is 5.32 Å². The number of aryl methyl sites for hydroxylation is 2. The number of carbonyl (C=O) groups excluding carboxylic acids is 2. The second-order valence-electron chi connectivity index (χ2n) is 8.67. The molecule has 33 heavy (non-hydrogen) atoms. The first-order valence-corrected chi connectivity index (χ1v) is 11.7. The van der Waals surface area contributed by atoms with Gasteiger partial charge in [0, 0.05) is 19.5 Å². The number of hydrogen-bond acceptors (Lipinski definition) is 2. The molecule has 2 amide bonds. The van der Waals surface area contributed by atoms with Crippen molar-refractivity contribution in [1.29, 1.82) is 0 Å². The average Bonchev–Trinajstić information content (AvgIpc) is 2.83. The Bertz CT molecular complexity index is 1030. The lowest BCUT2D eigenvalue weighted by Crippen LogP contribution is -2.51. The highest BCUT2D eigenvalue weighted by atomic mass is 16.2. The van der Waals surface area contributed by atoms with E-state index in [4.69, 9.17) is 0 Å². The van der Waals surface area contributed by atoms with Gasteiger partial charge in [0.25, 0.3) is 0 Å². The molecule has 1 unspecified atom stereocenters. The van der Waals surface area contributed by atoms with Crippen molar-refractivity contribution in [2.24, 2.45) is 0 Å². The largest absolute Gasteiger partial charge is 0.354 e. The van der Waals surface area contributed by atoms with Crippen molar-refractivity contribution in [1.82, 2.24) is 10.2 Å². The van der Waals surface area contributed by atoms with Gasteiger partial charge in [0.2, 0.25) is 11.8 Å². The molecule has 0 bridgehead atoms. The summed E-state index contributed by atoms with van der Waals surface area (Å²) in [5.74, 6) is -0.155. The SMILES string of the molecule is CCCNC(=O)C(Cc1ccccc1)N(Cc1ccc(C)cc1)C(=O)Cc1ccc(C)cc1. The molecular formula is C29H34N2O2. The molecule has 3 rings (SSSR count). The third-order valence-electron chi connectivity index (χ3n) is 5.77. The van der Waals surface area contributed by atoms with Crippen LogP contribution in [0.15, 0.2) is 78.9 Å². The standard InChI is InChI=1S/C29H34N2O2/c1-4-18-30-29(33)27(19-24-8-6-5-7-9-24)31(21-26-16-12-23(3)13-17-26)28(32)20-25-14-10-22(2)11-15-25/h5-17,27H,4,18-21H2,1-3H3,(H,30,33). The van der Waals surface area contributed by atoms with Crippen LogP contribution in [0.2, 0.25) is 0 Å². The maximum absolute atomic E-state index is 13.6. The summed E-state index contributed by atoms with van der Waals surface area (Å²) >= 11 is 0. The van der Waals surface area contributed by atoms with E-state index in [1.54, 1.807) is 4.90 Å². The Morgan fingerprint density at radius 1 is 0.788 bits per heavy atom. The summed E-state index contributed by atoms with van der Waals surface area (Å²) in [4.78, 5) is 28.7.